The van der Waals surface area contributed by atoms with Crippen molar-refractivity contribution in [2.24, 2.45) is 34.5 Å². The molecule has 4 saturated carbocycles. The first-order valence-electron chi connectivity index (χ1n) is 14.4. The number of hydrogen-bond donors (Lipinski definition) is 2. The van der Waals surface area contributed by atoms with Crippen LogP contribution in [0.4, 0.5) is 0 Å². The number of fused-ring (bicyclic) bond motifs is 2. The molecule has 0 aliphatic heterocycles. The van der Waals surface area contributed by atoms with Gasteiger partial charge in [-0.1, -0.05) is 27.7 Å². The minimum absolute atomic E-state index is 0.144. The first-order valence-corrected chi connectivity index (χ1v) is 14.4. The third-order valence-electron chi connectivity index (χ3n) is 10.5. The highest BCUT2D eigenvalue weighted by molar-refractivity contribution is 5.87. The summed E-state index contributed by atoms with van der Waals surface area (Å²) in [5, 5.41) is 20.4. The zero-order valence-corrected chi connectivity index (χ0v) is 22.9. The van der Waals surface area contributed by atoms with Gasteiger partial charge in [0.2, 0.25) is 0 Å². The van der Waals surface area contributed by atoms with E-state index in [1.807, 2.05) is 13.8 Å². The summed E-state index contributed by atoms with van der Waals surface area (Å²) in [6.07, 6.45) is 9.29. The molecule has 2 unspecified atom stereocenters. The molecule has 6 heteroatoms. The Morgan fingerprint density at radius 3 is 1.42 bits per heavy atom. The van der Waals surface area contributed by atoms with Crippen LogP contribution in [0.3, 0.4) is 0 Å². The monoisotopic (exact) mass is 504 g/mol. The van der Waals surface area contributed by atoms with Crippen molar-refractivity contribution in [1.82, 2.24) is 0 Å². The maximum atomic E-state index is 12.0. The molecule has 6 nitrogen and oxygen atoms in total. The van der Waals surface area contributed by atoms with E-state index in [9.17, 15) is 29.4 Å². The van der Waals surface area contributed by atoms with Crippen LogP contribution >= 0.6 is 0 Å². The van der Waals surface area contributed by atoms with Gasteiger partial charge in [0.1, 0.15) is 23.1 Å². The van der Waals surface area contributed by atoms with Crippen LogP contribution in [0.2, 0.25) is 0 Å². The highest BCUT2D eigenvalue weighted by atomic mass is 16.3. The normalized spacial score (nSPS) is 39.7. The van der Waals surface area contributed by atoms with E-state index in [1.54, 1.807) is 0 Å². The lowest BCUT2D eigenvalue weighted by molar-refractivity contribution is -0.133. The second-order valence-electron chi connectivity index (χ2n) is 12.4. The lowest BCUT2D eigenvalue weighted by atomic mass is 9.62. The summed E-state index contributed by atoms with van der Waals surface area (Å²) in [4.78, 5) is 47.0. The minimum atomic E-state index is -0.321. The Morgan fingerprint density at radius 1 is 0.722 bits per heavy atom. The number of rotatable bonds is 8. The zero-order chi connectivity index (χ0) is 26.7. The molecule has 2 N–H and O–H groups in total. The van der Waals surface area contributed by atoms with Crippen LogP contribution in [-0.4, -0.2) is 45.6 Å². The Hall–Kier alpha value is -1.40. The Labute approximate surface area is 217 Å². The highest BCUT2D eigenvalue weighted by Crippen LogP contribution is 2.54. The number of carbonyl (C=O) groups excluding carboxylic acids is 4. The van der Waals surface area contributed by atoms with Gasteiger partial charge in [-0.3, -0.25) is 19.2 Å². The predicted octanol–water partition coefficient (Wildman–Crippen LogP) is 5.00. The van der Waals surface area contributed by atoms with Crippen molar-refractivity contribution >= 4 is 23.1 Å². The van der Waals surface area contributed by atoms with Crippen LogP contribution in [0.25, 0.3) is 0 Å². The van der Waals surface area contributed by atoms with E-state index in [2.05, 4.69) is 13.8 Å². The van der Waals surface area contributed by atoms with Crippen molar-refractivity contribution in [1.29, 1.82) is 0 Å². The van der Waals surface area contributed by atoms with Gasteiger partial charge in [0, 0.05) is 49.4 Å². The van der Waals surface area contributed by atoms with E-state index >= 15 is 0 Å². The topological polar surface area (TPSA) is 109 Å². The summed E-state index contributed by atoms with van der Waals surface area (Å²) in [6.45, 7) is 7.88. The molecule has 0 radical (unpaired) electrons. The molecule has 4 aliphatic carbocycles. The molecule has 4 rings (SSSR count). The van der Waals surface area contributed by atoms with Gasteiger partial charge < -0.3 is 10.2 Å². The second-order valence-corrected chi connectivity index (χ2v) is 12.4. The second kappa shape index (κ2) is 12.0. The first kappa shape index (κ1) is 29.2. The Balaban J connectivity index is 0.000000201. The number of aliphatic hydroxyl groups is 2. The maximum Gasteiger partial charge on any atom is 0.139 e. The molecule has 0 aromatic carbocycles. The first-order chi connectivity index (χ1) is 17.0. The van der Waals surface area contributed by atoms with Crippen molar-refractivity contribution < 1.29 is 29.4 Å². The molecule has 0 bridgehead atoms. The average molecular weight is 505 g/mol. The van der Waals surface area contributed by atoms with Gasteiger partial charge in [-0.25, -0.2) is 0 Å². The van der Waals surface area contributed by atoms with Crippen molar-refractivity contribution in [3.8, 4) is 0 Å². The minimum Gasteiger partial charge on any atom is -0.393 e. The SMILES string of the molecule is CCC(=O)CC[C@H]1C2CCC(=O)[C@@]2(C)CC[C@@H]1O.CCC(=O)CC[C@H]1C2CCC(=O)[C@@]2(C)CC[C@H]1O. The molecule has 0 heterocycles. The lowest BCUT2D eigenvalue weighted by Crippen LogP contribution is -2.44. The van der Waals surface area contributed by atoms with E-state index in [-0.39, 0.29) is 46.4 Å². The van der Waals surface area contributed by atoms with Crippen molar-refractivity contribution in [3.63, 3.8) is 0 Å². The Bertz CT molecular complexity index is 767. The van der Waals surface area contributed by atoms with Crippen molar-refractivity contribution in [2.45, 2.75) is 130 Å². The number of Topliss-reactive ketones (excluding diaryl/α,β-unsaturated/α-hetero) is 4. The molecule has 8 atom stereocenters. The predicted molar refractivity (Wildman–Crippen MR) is 138 cm³/mol. The maximum absolute atomic E-state index is 12.0. The van der Waals surface area contributed by atoms with Crippen LogP contribution in [0.15, 0.2) is 0 Å². The van der Waals surface area contributed by atoms with Gasteiger partial charge in [0.05, 0.1) is 12.2 Å². The highest BCUT2D eigenvalue weighted by Gasteiger charge is 2.54. The number of ketones is 4. The van der Waals surface area contributed by atoms with Crippen LogP contribution in [-0.2, 0) is 19.2 Å². The number of carbonyl (C=O) groups is 4. The number of hydrogen-bond acceptors (Lipinski definition) is 6. The van der Waals surface area contributed by atoms with Gasteiger partial charge in [0.15, 0.2) is 0 Å². The van der Waals surface area contributed by atoms with Gasteiger partial charge in [-0.05, 0) is 75.0 Å². The summed E-state index contributed by atoms with van der Waals surface area (Å²) in [5.74, 6) is 2.13. The van der Waals surface area contributed by atoms with Gasteiger partial charge in [-0.15, -0.1) is 0 Å². The molecular weight excluding hydrogens is 456 g/mol. The fourth-order valence-corrected chi connectivity index (χ4v) is 7.87. The standard InChI is InChI=1S/2C15H24O3/c2*1-3-10(16)4-5-11-12-6-7-14(18)15(12,2)9-8-13(11)17/h2*11-13,17H,3-9H2,1-2H3/t11-,12?,13+,15-;11-,12?,13-,15-/m00/s1. The average Bonchev–Trinajstić information content (AvgIpc) is 3.33. The zero-order valence-electron chi connectivity index (χ0n) is 22.9. The van der Waals surface area contributed by atoms with Crippen LogP contribution in [0.1, 0.15) is 118 Å². The Morgan fingerprint density at radius 2 is 1.08 bits per heavy atom. The summed E-state index contributed by atoms with van der Waals surface area (Å²) in [7, 11) is 0. The third kappa shape index (κ3) is 5.85. The summed E-state index contributed by atoms with van der Waals surface area (Å²) in [5.41, 5.74) is -0.446. The van der Waals surface area contributed by atoms with Gasteiger partial charge in [0.25, 0.3) is 0 Å². The fraction of sp³-hybridized carbons (Fsp3) is 0.867. The molecule has 0 aromatic rings. The third-order valence-corrected chi connectivity index (χ3v) is 10.5. The van der Waals surface area contributed by atoms with Crippen molar-refractivity contribution in [2.75, 3.05) is 0 Å². The Kier molecular flexibility index (Phi) is 9.70. The van der Waals surface area contributed by atoms with Gasteiger partial charge >= 0.3 is 0 Å². The van der Waals surface area contributed by atoms with Crippen LogP contribution < -0.4 is 0 Å². The van der Waals surface area contributed by atoms with Crippen LogP contribution in [0, 0.1) is 34.5 Å². The molecule has 0 saturated heterocycles. The summed E-state index contributed by atoms with van der Waals surface area (Å²) < 4.78 is 0. The van der Waals surface area contributed by atoms with E-state index < -0.39 is 0 Å². The molecule has 204 valence electrons. The quantitative estimate of drug-likeness (QED) is 0.481. The van der Waals surface area contributed by atoms with Crippen molar-refractivity contribution in [3.05, 3.63) is 0 Å². The van der Waals surface area contributed by atoms with Gasteiger partial charge in [-0.2, -0.15) is 0 Å². The van der Waals surface area contributed by atoms with E-state index in [0.717, 1.165) is 38.5 Å². The molecule has 0 spiro atoms. The molecule has 36 heavy (non-hydrogen) atoms. The molecular formula is C30H48O6. The molecule has 4 fully saturated rings. The molecule has 0 amide bonds. The summed E-state index contributed by atoms with van der Waals surface area (Å²) in [6, 6.07) is 0. The lowest BCUT2D eigenvalue weighted by Gasteiger charge is -2.43. The smallest absolute Gasteiger partial charge is 0.139 e. The molecule has 0 aromatic heterocycles. The van der Waals surface area contributed by atoms with E-state index in [0.29, 0.717) is 74.8 Å². The van der Waals surface area contributed by atoms with E-state index in [1.165, 1.54) is 0 Å². The largest absolute Gasteiger partial charge is 0.393 e. The number of aliphatic hydroxyl groups excluding tert-OH is 2. The fourth-order valence-electron chi connectivity index (χ4n) is 7.87. The van der Waals surface area contributed by atoms with Crippen LogP contribution in [0.5, 0.6) is 0 Å². The summed E-state index contributed by atoms with van der Waals surface area (Å²) >= 11 is 0. The molecule has 4 aliphatic rings. The van der Waals surface area contributed by atoms with E-state index in [4.69, 9.17) is 0 Å².